The molecule has 0 amide bonds. The molecule has 4 aromatic rings. The van der Waals surface area contributed by atoms with E-state index < -0.39 is 5.82 Å². The summed E-state index contributed by atoms with van der Waals surface area (Å²) >= 11 is 6.53. The van der Waals surface area contributed by atoms with Gasteiger partial charge in [-0.2, -0.15) is 4.39 Å². The molecule has 0 spiro atoms. The molecule has 2 aromatic carbocycles. The van der Waals surface area contributed by atoms with E-state index in [1.54, 1.807) is 37.4 Å². The largest absolute Gasteiger partial charge is 0.494 e. The summed E-state index contributed by atoms with van der Waals surface area (Å²) < 4.78 is 31.0. The molecule has 1 fully saturated rings. The number of carbonyl (C=O) groups is 1. The van der Waals surface area contributed by atoms with Crippen molar-refractivity contribution in [1.29, 1.82) is 0 Å². The second kappa shape index (κ2) is 11.0. The fourth-order valence-corrected chi connectivity index (χ4v) is 4.81. The van der Waals surface area contributed by atoms with Gasteiger partial charge >= 0.3 is 0 Å². The lowest BCUT2D eigenvalue weighted by Gasteiger charge is -2.29. The first kappa shape index (κ1) is 26.0. The Kier molecular flexibility index (Phi) is 7.51. The number of methoxy groups -OCH3 is 1. The third-order valence-electron chi connectivity index (χ3n) is 6.64. The van der Waals surface area contributed by atoms with Gasteiger partial charge < -0.3 is 29.6 Å². The molecule has 3 heterocycles. The Balaban J connectivity index is 1.43. The molecule has 2 aromatic heterocycles. The maximum Gasteiger partial charge on any atom is 0.207 e. The Morgan fingerprint density at radius 2 is 2.08 bits per heavy atom. The first-order valence-electron chi connectivity index (χ1n) is 12.2. The third-order valence-corrected chi connectivity index (χ3v) is 6.93. The number of fused-ring (bicyclic) bond motifs is 1. The zero-order valence-electron chi connectivity index (χ0n) is 20.9. The van der Waals surface area contributed by atoms with E-state index in [1.807, 2.05) is 0 Å². The number of nitrogens with zero attached hydrogens (tertiary/aromatic N) is 1. The molecule has 38 heavy (non-hydrogen) atoms. The number of aromatic nitrogens is 2. The maximum absolute atomic E-state index is 14.5. The number of rotatable bonds is 8. The summed E-state index contributed by atoms with van der Waals surface area (Å²) in [5.41, 5.74) is 2.66. The van der Waals surface area contributed by atoms with Gasteiger partial charge in [0.1, 0.15) is 11.4 Å². The average Bonchev–Trinajstić information content (AvgIpc) is 3.36. The second-order valence-corrected chi connectivity index (χ2v) is 9.55. The van der Waals surface area contributed by atoms with Crippen molar-refractivity contribution >= 4 is 34.1 Å². The molecule has 1 aliphatic heterocycles. The lowest BCUT2D eigenvalue weighted by atomic mass is 9.98. The van der Waals surface area contributed by atoms with E-state index in [2.05, 4.69) is 15.3 Å². The van der Waals surface area contributed by atoms with E-state index in [0.717, 1.165) is 6.42 Å². The molecule has 1 saturated heterocycles. The van der Waals surface area contributed by atoms with Crippen molar-refractivity contribution in [2.24, 2.45) is 0 Å². The number of halogens is 2. The summed E-state index contributed by atoms with van der Waals surface area (Å²) in [7, 11) is 1.39. The van der Waals surface area contributed by atoms with E-state index in [4.69, 9.17) is 25.8 Å². The van der Waals surface area contributed by atoms with Crippen LogP contribution in [0, 0.1) is 12.7 Å². The highest BCUT2D eigenvalue weighted by Crippen LogP contribution is 2.36. The van der Waals surface area contributed by atoms with Gasteiger partial charge in [-0.3, -0.25) is 4.79 Å². The summed E-state index contributed by atoms with van der Waals surface area (Å²) in [6, 6.07) is 9.57. The Labute approximate surface area is 223 Å². The van der Waals surface area contributed by atoms with E-state index >= 15 is 0 Å². The molecule has 0 aliphatic carbocycles. The first-order chi connectivity index (χ1) is 18.4. The van der Waals surface area contributed by atoms with Crippen LogP contribution in [0.25, 0.3) is 11.0 Å². The second-order valence-electron chi connectivity index (χ2n) is 9.14. The van der Waals surface area contributed by atoms with Crippen LogP contribution in [0.3, 0.4) is 0 Å². The molecule has 3 N–H and O–H groups in total. The molecule has 1 aliphatic rings. The third kappa shape index (κ3) is 5.05. The van der Waals surface area contributed by atoms with E-state index in [1.165, 1.54) is 25.4 Å². The van der Waals surface area contributed by atoms with Crippen LogP contribution in [0.2, 0.25) is 5.02 Å². The number of nitrogens with one attached hydrogen (secondary N) is 2. The van der Waals surface area contributed by atoms with Crippen LogP contribution >= 0.6 is 11.6 Å². The quantitative estimate of drug-likeness (QED) is 0.248. The number of pyridine rings is 1. The fraction of sp³-hybridized carbons (Fsp3) is 0.286. The van der Waals surface area contributed by atoms with Gasteiger partial charge in [0.05, 0.1) is 54.3 Å². The minimum absolute atomic E-state index is 0.0128. The van der Waals surface area contributed by atoms with Crippen molar-refractivity contribution in [2.45, 2.75) is 31.9 Å². The van der Waals surface area contributed by atoms with Crippen LogP contribution in [0.4, 0.5) is 10.1 Å². The van der Waals surface area contributed by atoms with Gasteiger partial charge in [-0.05, 0) is 55.7 Å². The monoisotopic (exact) mass is 539 g/mol. The summed E-state index contributed by atoms with van der Waals surface area (Å²) in [5, 5.41) is 13.7. The zero-order valence-corrected chi connectivity index (χ0v) is 21.6. The SMILES string of the molecule is COc1cccc(Oc2ccc(C(=O)c3c[nH]c4ncc(Cl)c(N[C@@H]5CC[C@@H](CO)OC5)c34)c(C)c2)c1F. The number of aryl methyl sites for hydroxylation is 1. The predicted molar refractivity (Wildman–Crippen MR) is 142 cm³/mol. The Bertz CT molecular complexity index is 1480. The molecule has 0 bridgehead atoms. The highest BCUT2D eigenvalue weighted by molar-refractivity contribution is 6.35. The van der Waals surface area contributed by atoms with Crippen LogP contribution in [0.5, 0.6) is 17.2 Å². The molecule has 5 rings (SSSR count). The minimum atomic E-state index is -0.605. The highest BCUT2D eigenvalue weighted by Gasteiger charge is 2.25. The molecular formula is C28H27ClFN3O5. The minimum Gasteiger partial charge on any atom is -0.494 e. The van der Waals surface area contributed by atoms with Gasteiger partial charge in [0, 0.05) is 17.8 Å². The number of ether oxygens (including phenoxy) is 3. The van der Waals surface area contributed by atoms with Crippen LogP contribution in [0.1, 0.15) is 34.3 Å². The fourth-order valence-electron chi connectivity index (χ4n) is 4.61. The van der Waals surface area contributed by atoms with Crippen molar-refractivity contribution in [3.8, 4) is 17.2 Å². The number of aliphatic hydroxyl groups is 1. The molecular weight excluding hydrogens is 513 g/mol. The molecule has 0 saturated carbocycles. The number of H-pyrrole nitrogens is 1. The van der Waals surface area contributed by atoms with E-state index in [-0.39, 0.29) is 36.0 Å². The van der Waals surface area contributed by atoms with Gasteiger partial charge in [-0.1, -0.05) is 17.7 Å². The summed E-state index contributed by atoms with van der Waals surface area (Å²) in [5.74, 6) is -0.343. The summed E-state index contributed by atoms with van der Waals surface area (Å²) in [4.78, 5) is 21.1. The van der Waals surface area contributed by atoms with E-state index in [9.17, 15) is 14.3 Å². The molecule has 10 heteroatoms. The van der Waals surface area contributed by atoms with Gasteiger partial charge in [-0.15, -0.1) is 0 Å². The number of ketones is 1. The maximum atomic E-state index is 14.5. The van der Waals surface area contributed by atoms with Crippen molar-refractivity contribution < 1.29 is 28.5 Å². The molecule has 0 radical (unpaired) electrons. The van der Waals surface area contributed by atoms with Gasteiger partial charge in [0.25, 0.3) is 0 Å². The number of anilines is 1. The summed E-state index contributed by atoms with van der Waals surface area (Å²) in [6.07, 6.45) is 4.49. The number of hydrogen-bond donors (Lipinski definition) is 3. The number of aliphatic hydroxyl groups excluding tert-OH is 1. The zero-order chi connectivity index (χ0) is 26.8. The summed E-state index contributed by atoms with van der Waals surface area (Å²) in [6.45, 7) is 2.19. The predicted octanol–water partition coefficient (Wildman–Crippen LogP) is 5.65. The lowest BCUT2D eigenvalue weighted by Crippen LogP contribution is -2.36. The average molecular weight is 540 g/mol. The lowest BCUT2D eigenvalue weighted by molar-refractivity contribution is -0.0223. The van der Waals surface area contributed by atoms with Crippen molar-refractivity contribution in [2.75, 3.05) is 25.6 Å². The molecule has 0 unspecified atom stereocenters. The van der Waals surface area contributed by atoms with Crippen molar-refractivity contribution in [1.82, 2.24) is 9.97 Å². The molecule has 198 valence electrons. The Hall–Kier alpha value is -3.66. The van der Waals surface area contributed by atoms with Crippen molar-refractivity contribution in [3.63, 3.8) is 0 Å². The number of aromatic amines is 1. The first-order valence-corrected chi connectivity index (χ1v) is 12.6. The number of benzene rings is 2. The van der Waals surface area contributed by atoms with Gasteiger partial charge in [0.15, 0.2) is 17.3 Å². The van der Waals surface area contributed by atoms with Gasteiger partial charge in [0.2, 0.25) is 5.82 Å². The van der Waals surface area contributed by atoms with Gasteiger partial charge in [-0.25, -0.2) is 4.98 Å². The molecule has 8 nitrogen and oxygen atoms in total. The Morgan fingerprint density at radius 3 is 2.79 bits per heavy atom. The van der Waals surface area contributed by atoms with Crippen LogP contribution in [-0.4, -0.2) is 53.3 Å². The molecule has 2 atom stereocenters. The topological polar surface area (TPSA) is 106 Å². The van der Waals surface area contributed by atoms with Crippen molar-refractivity contribution in [3.05, 3.63) is 76.3 Å². The normalized spacial score (nSPS) is 17.4. The van der Waals surface area contributed by atoms with E-state index in [0.29, 0.717) is 57.2 Å². The van der Waals surface area contributed by atoms with Crippen LogP contribution in [-0.2, 0) is 4.74 Å². The van der Waals surface area contributed by atoms with Crippen LogP contribution < -0.4 is 14.8 Å². The highest BCUT2D eigenvalue weighted by atomic mass is 35.5. The Morgan fingerprint density at radius 1 is 1.26 bits per heavy atom. The number of carbonyl (C=O) groups excluding carboxylic acids is 1. The number of hydrogen-bond acceptors (Lipinski definition) is 7. The van der Waals surface area contributed by atoms with Crippen LogP contribution in [0.15, 0.2) is 48.8 Å². The smallest absolute Gasteiger partial charge is 0.207 e. The standard InChI is InChI=1S/C28H27ClFN3O5/c1-15-10-17(38-23-5-3-4-22(36-2)25(23)30)8-9-19(15)27(35)20-11-31-28-24(20)26(21(29)12-32-28)33-16-6-7-18(13-34)37-14-16/h3-5,8-12,16,18,34H,6-7,13-14H2,1-2H3,(H2,31,32,33)/t16-,18+/m1/s1.